The van der Waals surface area contributed by atoms with Crippen LogP contribution in [0.1, 0.15) is 11.1 Å². The highest BCUT2D eigenvalue weighted by atomic mass is 79.9. The standard InChI is InChI=1S/C22H19BrClN3O2/c23-18-10-8-16(9-11-18)15-29-21-7-2-1-4-17(21)13-26-27-22(28)14-25-20-6-3-5-19(24)12-20/h1-13,25H,14-15H2,(H,27,28)/b26-13-. The van der Waals surface area contributed by atoms with Crippen LogP contribution in [-0.4, -0.2) is 18.7 Å². The molecule has 3 rings (SSSR count). The molecular weight excluding hydrogens is 454 g/mol. The van der Waals surface area contributed by atoms with Crippen molar-refractivity contribution in [3.63, 3.8) is 0 Å². The third kappa shape index (κ3) is 6.93. The number of benzene rings is 3. The Bertz CT molecular complexity index is 993. The van der Waals surface area contributed by atoms with Gasteiger partial charge in [-0.1, -0.05) is 57.9 Å². The third-order valence-electron chi connectivity index (χ3n) is 3.90. The van der Waals surface area contributed by atoms with Crippen LogP contribution in [0.2, 0.25) is 5.02 Å². The Kier molecular flexibility index (Phi) is 7.67. The topological polar surface area (TPSA) is 62.7 Å². The molecule has 0 saturated heterocycles. The molecule has 0 atom stereocenters. The molecule has 148 valence electrons. The first-order valence-electron chi connectivity index (χ1n) is 8.88. The number of amides is 1. The fourth-order valence-corrected chi connectivity index (χ4v) is 2.91. The molecule has 1 amide bonds. The van der Waals surface area contributed by atoms with Gasteiger partial charge in [0.1, 0.15) is 12.4 Å². The maximum Gasteiger partial charge on any atom is 0.259 e. The Hall–Kier alpha value is -2.83. The van der Waals surface area contributed by atoms with Crippen molar-refractivity contribution in [1.82, 2.24) is 5.43 Å². The molecule has 5 nitrogen and oxygen atoms in total. The monoisotopic (exact) mass is 471 g/mol. The van der Waals surface area contributed by atoms with Crippen LogP contribution in [0.25, 0.3) is 0 Å². The highest BCUT2D eigenvalue weighted by Crippen LogP contribution is 2.18. The average Bonchev–Trinajstić information content (AvgIpc) is 2.73. The number of carbonyl (C=O) groups excluding carboxylic acids is 1. The predicted molar refractivity (Wildman–Crippen MR) is 121 cm³/mol. The van der Waals surface area contributed by atoms with Gasteiger partial charge in [-0.05, 0) is 48.0 Å². The average molecular weight is 473 g/mol. The van der Waals surface area contributed by atoms with Crippen LogP contribution in [0.3, 0.4) is 0 Å². The van der Waals surface area contributed by atoms with Crippen molar-refractivity contribution >= 4 is 45.3 Å². The summed E-state index contributed by atoms with van der Waals surface area (Å²) in [5.41, 5.74) is 5.09. The number of ether oxygens (including phenoxy) is 1. The van der Waals surface area contributed by atoms with Crippen LogP contribution in [0.5, 0.6) is 5.75 Å². The lowest BCUT2D eigenvalue weighted by molar-refractivity contribution is -0.119. The summed E-state index contributed by atoms with van der Waals surface area (Å²) in [5, 5.41) is 7.62. The van der Waals surface area contributed by atoms with Crippen LogP contribution in [0.4, 0.5) is 5.69 Å². The molecular formula is C22H19BrClN3O2. The number of hydrazone groups is 1. The molecule has 0 heterocycles. The molecule has 0 aliphatic rings. The van der Waals surface area contributed by atoms with Crippen molar-refractivity contribution in [3.05, 3.63) is 93.4 Å². The third-order valence-corrected chi connectivity index (χ3v) is 4.66. The number of hydrogen-bond donors (Lipinski definition) is 2. The van der Waals surface area contributed by atoms with Gasteiger partial charge in [0, 0.05) is 20.7 Å². The van der Waals surface area contributed by atoms with Crippen molar-refractivity contribution in [2.45, 2.75) is 6.61 Å². The molecule has 3 aromatic carbocycles. The largest absolute Gasteiger partial charge is 0.488 e. The molecule has 7 heteroatoms. The van der Waals surface area contributed by atoms with Crippen LogP contribution >= 0.6 is 27.5 Å². The molecule has 0 radical (unpaired) electrons. The summed E-state index contributed by atoms with van der Waals surface area (Å²) in [6.45, 7) is 0.521. The summed E-state index contributed by atoms with van der Waals surface area (Å²) in [4.78, 5) is 12.0. The summed E-state index contributed by atoms with van der Waals surface area (Å²) in [7, 11) is 0. The minimum absolute atomic E-state index is 0.0827. The Morgan fingerprint density at radius 3 is 2.66 bits per heavy atom. The molecule has 0 unspecified atom stereocenters. The van der Waals surface area contributed by atoms with E-state index in [1.807, 2.05) is 60.7 Å². The van der Waals surface area contributed by atoms with E-state index in [1.54, 1.807) is 18.3 Å². The van der Waals surface area contributed by atoms with Crippen LogP contribution < -0.4 is 15.5 Å². The highest BCUT2D eigenvalue weighted by molar-refractivity contribution is 9.10. The van der Waals surface area contributed by atoms with Crippen LogP contribution in [-0.2, 0) is 11.4 Å². The fourth-order valence-electron chi connectivity index (χ4n) is 2.45. The van der Waals surface area contributed by atoms with Crippen molar-refractivity contribution in [3.8, 4) is 5.75 Å². The van der Waals surface area contributed by atoms with Crippen LogP contribution in [0, 0.1) is 0 Å². The summed E-state index contributed by atoms with van der Waals surface area (Å²) in [5.74, 6) is 0.417. The van der Waals surface area contributed by atoms with Gasteiger partial charge in [-0.15, -0.1) is 0 Å². The smallest absolute Gasteiger partial charge is 0.259 e. The Labute approximate surface area is 182 Å². The molecule has 2 N–H and O–H groups in total. The number of carbonyl (C=O) groups is 1. The zero-order chi connectivity index (χ0) is 20.5. The van der Waals surface area contributed by atoms with E-state index < -0.39 is 0 Å². The lowest BCUT2D eigenvalue weighted by atomic mass is 10.2. The van der Waals surface area contributed by atoms with Gasteiger partial charge in [-0.25, -0.2) is 5.43 Å². The van der Waals surface area contributed by atoms with E-state index in [0.29, 0.717) is 17.4 Å². The van der Waals surface area contributed by atoms with Gasteiger partial charge in [-0.3, -0.25) is 4.79 Å². The Morgan fingerprint density at radius 1 is 1.07 bits per heavy atom. The molecule has 0 aliphatic heterocycles. The lowest BCUT2D eigenvalue weighted by Crippen LogP contribution is -2.25. The first-order valence-corrected chi connectivity index (χ1v) is 10.0. The number of para-hydroxylation sites is 1. The van der Waals surface area contributed by atoms with Gasteiger partial charge in [0.25, 0.3) is 5.91 Å². The Morgan fingerprint density at radius 2 is 1.86 bits per heavy atom. The summed E-state index contributed by atoms with van der Waals surface area (Å²) < 4.78 is 6.92. The molecule has 0 saturated carbocycles. The first-order chi connectivity index (χ1) is 14.1. The van der Waals surface area contributed by atoms with E-state index >= 15 is 0 Å². The minimum atomic E-state index is -0.269. The summed E-state index contributed by atoms with van der Waals surface area (Å²) >= 11 is 9.34. The molecule has 0 aromatic heterocycles. The van der Waals surface area contributed by atoms with Gasteiger partial charge in [0.05, 0.1) is 12.8 Å². The number of rotatable bonds is 8. The first kappa shape index (κ1) is 20.9. The van der Waals surface area contributed by atoms with E-state index in [2.05, 4.69) is 31.8 Å². The lowest BCUT2D eigenvalue weighted by Gasteiger charge is -2.09. The van der Waals surface area contributed by atoms with Gasteiger partial charge in [0.2, 0.25) is 0 Å². The van der Waals surface area contributed by atoms with Crippen molar-refractivity contribution < 1.29 is 9.53 Å². The van der Waals surface area contributed by atoms with Gasteiger partial charge in [-0.2, -0.15) is 5.10 Å². The number of anilines is 1. The molecule has 3 aromatic rings. The minimum Gasteiger partial charge on any atom is -0.488 e. The second-order valence-electron chi connectivity index (χ2n) is 6.11. The van der Waals surface area contributed by atoms with E-state index in [4.69, 9.17) is 16.3 Å². The zero-order valence-electron chi connectivity index (χ0n) is 15.4. The van der Waals surface area contributed by atoms with E-state index in [9.17, 15) is 4.79 Å². The van der Waals surface area contributed by atoms with Crippen molar-refractivity contribution in [2.24, 2.45) is 5.10 Å². The van der Waals surface area contributed by atoms with Crippen LogP contribution in [0.15, 0.2) is 82.4 Å². The number of halogens is 2. The van der Waals surface area contributed by atoms with E-state index in [-0.39, 0.29) is 12.5 Å². The molecule has 29 heavy (non-hydrogen) atoms. The maximum atomic E-state index is 12.0. The highest BCUT2D eigenvalue weighted by Gasteiger charge is 2.03. The van der Waals surface area contributed by atoms with Gasteiger partial charge < -0.3 is 10.1 Å². The van der Waals surface area contributed by atoms with Gasteiger partial charge >= 0.3 is 0 Å². The quantitative estimate of drug-likeness (QED) is 0.348. The second-order valence-corrected chi connectivity index (χ2v) is 7.46. The SMILES string of the molecule is O=C(CNc1cccc(Cl)c1)N/N=C\c1ccccc1OCc1ccc(Br)cc1. The summed E-state index contributed by atoms with van der Waals surface area (Å²) in [6.07, 6.45) is 1.56. The normalized spacial score (nSPS) is 10.7. The fraction of sp³-hybridized carbons (Fsp3) is 0.0909. The number of nitrogens with one attached hydrogen (secondary N) is 2. The number of hydrogen-bond acceptors (Lipinski definition) is 4. The van der Waals surface area contributed by atoms with Gasteiger partial charge in [0.15, 0.2) is 0 Å². The number of nitrogens with zero attached hydrogens (tertiary/aromatic N) is 1. The molecule has 0 fully saturated rings. The van der Waals surface area contributed by atoms with E-state index in [0.717, 1.165) is 21.3 Å². The molecule has 0 bridgehead atoms. The molecule has 0 aliphatic carbocycles. The van der Waals surface area contributed by atoms with E-state index in [1.165, 1.54) is 0 Å². The van der Waals surface area contributed by atoms with Crippen molar-refractivity contribution in [1.29, 1.82) is 0 Å². The second kappa shape index (κ2) is 10.6. The zero-order valence-corrected chi connectivity index (χ0v) is 17.8. The maximum absolute atomic E-state index is 12.0. The van der Waals surface area contributed by atoms with Crippen molar-refractivity contribution in [2.75, 3.05) is 11.9 Å². The Balaban J connectivity index is 1.52. The summed E-state index contributed by atoms with van der Waals surface area (Å²) in [6, 6.07) is 22.6. The predicted octanol–water partition coefficient (Wildman–Crippen LogP) is 5.24. The molecule has 0 spiro atoms.